The Labute approximate surface area is 121 Å². The summed E-state index contributed by atoms with van der Waals surface area (Å²) in [5.74, 6) is 0.115. The van der Waals surface area contributed by atoms with Gasteiger partial charge in [0.1, 0.15) is 0 Å². The Morgan fingerprint density at radius 3 is 2.75 bits per heavy atom. The van der Waals surface area contributed by atoms with Gasteiger partial charge in [-0.15, -0.1) is 0 Å². The number of hydrogen-bond donors (Lipinski definition) is 1. The van der Waals surface area contributed by atoms with Crippen molar-refractivity contribution in [2.24, 2.45) is 0 Å². The van der Waals surface area contributed by atoms with E-state index in [1.807, 2.05) is 19.1 Å². The lowest BCUT2D eigenvalue weighted by Gasteiger charge is -2.33. The first-order chi connectivity index (χ1) is 9.42. The topological polar surface area (TPSA) is 40.5 Å². The largest absolute Gasteiger partial charge is 0.389 e. The van der Waals surface area contributed by atoms with Gasteiger partial charge in [-0.05, 0) is 51.2 Å². The van der Waals surface area contributed by atoms with Crippen molar-refractivity contribution >= 4 is 5.91 Å². The quantitative estimate of drug-likeness (QED) is 0.918. The highest BCUT2D eigenvalue weighted by Crippen LogP contribution is 2.33. The van der Waals surface area contributed by atoms with Crippen LogP contribution in [0.3, 0.4) is 0 Å². The maximum absolute atomic E-state index is 12.8. The van der Waals surface area contributed by atoms with Crippen LogP contribution in [0.4, 0.5) is 0 Å². The Kier molecular flexibility index (Phi) is 4.48. The predicted molar refractivity (Wildman–Crippen MR) is 80.7 cm³/mol. The number of benzene rings is 1. The molecule has 0 aliphatic heterocycles. The molecule has 0 saturated carbocycles. The third-order valence-electron chi connectivity index (χ3n) is 3.94. The van der Waals surface area contributed by atoms with Crippen LogP contribution >= 0.6 is 0 Å². The lowest BCUT2D eigenvalue weighted by atomic mass is 9.82. The van der Waals surface area contributed by atoms with Gasteiger partial charge in [0.25, 0.3) is 0 Å². The molecule has 3 nitrogen and oxygen atoms in total. The fourth-order valence-corrected chi connectivity index (χ4v) is 3.04. The summed E-state index contributed by atoms with van der Waals surface area (Å²) in [6, 6.07) is 8.26. The van der Waals surface area contributed by atoms with Gasteiger partial charge in [-0.25, -0.2) is 0 Å². The molecule has 1 amide bonds. The lowest BCUT2D eigenvalue weighted by Crippen LogP contribution is -2.44. The Balaban J connectivity index is 2.21. The summed E-state index contributed by atoms with van der Waals surface area (Å²) in [7, 11) is 0. The molecule has 0 aromatic heterocycles. The molecule has 1 aliphatic carbocycles. The summed E-state index contributed by atoms with van der Waals surface area (Å²) in [6.07, 6.45) is 3.04. The number of aliphatic hydroxyl groups is 1. The second-order valence-corrected chi connectivity index (χ2v) is 6.31. The molecule has 0 heterocycles. The maximum Gasteiger partial charge on any atom is 0.230 e. The van der Waals surface area contributed by atoms with Gasteiger partial charge in [0.2, 0.25) is 5.91 Å². The fourth-order valence-electron chi connectivity index (χ4n) is 3.04. The zero-order valence-electron chi connectivity index (χ0n) is 12.7. The predicted octanol–water partition coefficient (Wildman–Crippen LogP) is 2.73. The minimum Gasteiger partial charge on any atom is -0.389 e. The average Bonchev–Trinajstić information content (AvgIpc) is 2.42. The van der Waals surface area contributed by atoms with E-state index in [0.717, 1.165) is 19.3 Å². The smallest absolute Gasteiger partial charge is 0.230 e. The van der Waals surface area contributed by atoms with E-state index >= 15 is 0 Å². The number of carbonyl (C=O) groups is 1. The maximum atomic E-state index is 12.8. The molecule has 1 unspecified atom stereocenters. The SMILES string of the molecule is CCN(CC(C)(C)O)C(=O)C1CCCc2ccccc21. The third-order valence-corrected chi connectivity index (χ3v) is 3.94. The number of hydrogen-bond acceptors (Lipinski definition) is 2. The minimum atomic E-state index is -0.847. The zero-order valence-corrected chi connectivity index (χ0v) is 12.7. The van der Waals surface area contributed by atoms with Crippen molar-refractivity contribution in [2.45, 2.75) is 51.6 Å². The Hall–Kier alpha value is -1.35. The number of fused-ring (bicyclic) bond motifs is 1. The molecule has 3 heteroatoms. The van der Waals surface area contributed by atoms with Crippen LogP contribution in [0.25, 0.3) is 0 Å². The van der Waals surface area contributed by atoms with Crippen molar-refractivity contribution in [3.63, 3.8) is 0 Å². The zero-order chi connectivity index (χ0) is 14.8. The van der Waals surface area contributed by atoms with Crippen molar-refractivity contribution < 1.29 is 9.90 Å². The van der Waals surface area contributed by atoms with E-state index in [2.05, 4.69) is 12.1 Å². The van der Waals surface area contributed by atoms with Crippen molar-refractivity contribution in [3.05, 3.63) is 35.4 Å². The standard InChI is InChI=1S/C17H25NO2/c1-4-18(12-17(2,3)20)16(19)15-11-7-9-13-8-5-6-10-14(13)15/h5-6,8,10,15,20H,4,7,9,11-12H2,1-3H3. The molecule has 1 aliphatic rings. The molecule has 1 aromatic rings. The molecule has 0 saturated heterocycles. The first-order valence-corrected chi connectivity index (χ1v) is 7.51. The molecule has 0 fully saturated rings. The molecule has 1 atom stereocenters. The van der Waals surface area contributed by atoms with Crippen LogP contribution in [0.1, 0.15) is 50.7 Å². The number of amides is 1. The summed E-state index contributed by atoms with van der Waals surface area (Å²) in [5.41, 5.74) is 1.63. The summed E-state index contributed by atoms with van der Waals surface area (Å²) in [6.45, 7) is 6.50. The highest BCUT2D eigenvalue weighted by atomic mass is 16.3. The molecule has 0 spiro atoms. The van der Waals surface area contributed by atoms with E-state index in [1.165, 1.54) is 11.1 Å². The Morgan fingerprint density at radius 1 is 1.40 bits per heavy atom. The highest BCUT2D eigenvalue weighted by Gasteiger charge is 2.31. The lowest BCUT2D eigenvalue weighted by molar-refractivity contribution is -0.135. The monoisotopic (exact) mass is 275 g/mol. The fraction of sp³-hybridized carbons (Fsp3) is 0.588. The van der Waals surface area contributed by atoms with Crippen LogP contribution in [-0.2, 0) is 11.2 Å². The molecular weight excluding hydrogens is 250 g/mol. The number of rotatable bonds is 4. The van der Waals surface area contributed by atoms with E-state index in [9.17, 15) is 9.90 Å². The van der Waals surface area contributed by atoms with Gasteiger partial charge >= 0.3 is 0 Å². The molecule has 0 radical (unpaired) electrons. The van der Waals surface area contributed by atoms with E-state index in [0.29, 0.717) is 13.1 Å². The highest BCUT2D eigenvalue weighted by molar-refractivity contribution is 5.84. The van der Waals surface area contributed by atoms with Gasteiger partial charge in [-0.1, -0.05) is 24.3 Å². The molecule has 110 valence electrons. The van der Waals surface area contributed by atoms with E-state index in [1.54, 1.807) is 18.7 Å². The van der Waals surface area contributed by atoms with Gasteiger partial charge in [0, 0.05) is 13.1 Å². The van der Waals surface area contributed by atoms with Crippen LogP contribution in [0.5, 0.6) is 0 Å². The second-order valence-electron chi connectivity index (χ2n) is 6.31. The summed E-state index contributed by atoms with van der Waals surface area (Å²) >= 11 is 0. The molecule has 2 rings (SSSR count). The Bertz CT molecular complexity index is 476. The number of likely N-dealkylation sites (N-methyl/N-ethyl adjacent to an activating group) is 1. The Morgan fingerprint density at radius 2 is 2.10 bits per heavy atom. The molecule has 1 aromatic carbocycles. The van der Waals surface area contributed by atoms with Crippen LogP contribution in [-0.4, -0.2) is 34.6 Å². The van der Waals surface area contributed by atoms with Gasteiger partial charge < -0.3 is 10.0 Å². The number of aryl methyl sites for hydroxylation is 1. The normalized spacial score (nSPS) is 18.5. The summed E-state index contributed by atoms with van der Waals surface area (Å²) in [5, 5.41) is 9.97. The van der Waals surface area contributed by atoms with E-state index in [4.69, 9.17) is 0 Å². The first-order valence-electron chi connectivity index (χ1n) is 7.51. The molecule has 1 N–H and O–H groups in total. The summed E-state index contributed by atoms with van der Waals surface area (Å²) < 4.78 is 0. The summed E-state index contributed by atoms with van der Waals surface area (Å²) in [4.78, 5) is 14.6. The molecule has 20 heavy (non-hydrogen) atoms. The third kappa shape index (κ3) is 3.40. The van der Waals surface area contributed by atoms with Crippen LogP contribution in [0, 0.1) is 0 Å². The second kappa shape index (κ2) is 5.96. The van der Waals surface area contributed by atoms with Crippen LogP contribution < -0.4 is 0 Å². The van der Waals surface area contributed by atoms with Crippen LogP contribution in [0.15, 0.2) is 24.3 Å². The van der Waals surface area contributed by atoms with E-state index in [-0.39, 0.29) is 11.8 Å². The minimum absolute atomic E-state index is 0.0396. The van der Waals surface area contributed by atoms with Gasteiger partial charge in [-0.3, -0.25) is 4.79 Å². The molecular formula is C17H25NO2. The number of carbonyl (C=O) groups excluding carboxylic acids is 1. The van der Waals surface area contributed by atoms with Crippen molar-refractivity contribution in [1.82, 2.24) is 4.90 Å². The van der Waals surface area contributed by atoms with Crippen LogP contribution in [0.2, 0.25) is 0 Å². The number of nitrogens with zero attached hydrogens (tertiary/aromatic N) is 1. The van der Waals surface area contributed by atoms with E-state index < -0.39 is 5.60 Å². The molecule has 0 bridgehead atoms. The van der Waals surface area contributed by atoms with Crippen molar-refractivity contribution in [2.75, 3.05) is 13.1 Å². The average molecular weight is 275 g/mol. The van der Waals surface area contributed by atoms with Gasteiger partial charge in [0.05, 0.1) is 11.5 Å². The van der Waals surface area contributed by atoms with Crippen molar-refractivity contribution in [1.29, 1.82) is 0 Å². The first kappa shape index (κ1) is 15.0. The van der Waals surface area contributed by atoms with Gasteiger partial charge in [0.15, 0.2) is 0 Å². The van der Waals surface area contributed by atoms with Gasteiger partial charge in [-0.2, -0.15) is 0 Å². The van der Waals surface area contributed by atoms with Crippen molar-refractivity contribution in [3.8, 4) is 0 Å².